The first-order valence-electron chi connectivity index (χ1n) is 4.61. The number of carboxylic acid groups (broad SMARTS) is 1. The van der Waals surface area contributed by atoms with Gasteiger partial charge in [0.05, 0.1) is 17.8 Å². The number of hydrazone groups is 1. The summed E-state index contributed by atoms with van der Waals surface area (Å²) in [7, 11) is 0. The molecule has 1 aromatic carbocycles. The Bertz CT molecular complexity index is 465. The van der Waals surface area contributed by atoms with Crippen LogP contribution in [0, 0.1) is 0 Å². The number of aromatic carboxylic acids is 1. The fraction of sp³-hybridized carbons (Fsp3) is 0.100. The number of rotatable bonds is 2. The predicted octanol–water partition coefficient (Wildman–Crippen LogP) is 0.402. The van der Waals surface area contributed by atoms with Crippen LogP contribution in [0.5, 0.6) is 0 Å². The summed E-state index contributed by atoms with van der Waals surface area (Å²) in [6, 6.07) is 5.96. The molecule has 0 aliphatic carbocycles. The van der Waals surface area contributed by atoms with Crippen molar-refractivity contribution < 1.29 is 14.7 Å². The molecule has 0 bridgehead atoms. The van der Waals surface area contributed by atoms with Gasteiger partial charge in [-0.2, -0.15) is 5.10 Å². The molecule has 1 aliphatic rings. The van der Waals surface area contributed by atoms with Gasteiger partial charge in [-0.05, 0) is 17.7 Å². The van der Waals surface area contributed by atoms with Gasteiger partial charge in [0.25, 0.3) is 0 Å². The lowest BCUT2D eigenvalue weighted by Crippen LogP contribution is -2.42. The number of hydrogen-bond acceptors (Lipinski definition) is 3. The van der Waals surface area contributed by atoms with E-state index < -0.39 is 5.97 Å². The van der Waals surface area contributed by atoms with Crippen molar-refractivity contribution in [3.63, 3.8) is 0 Å². The first-order valence-corrected chi connectivity index (χ1v) is 4.61. The largest absolute Gasteiger partial charge is 0.478 e. The minimum absolute atomic E-state index is 0.220. The van der Waals surface area contributed by atoms with E-state index in [1.165, 1.54) is 12.1 Å². The zero-order valence-corrected chi connectivity index (χ0v) is 8.23. The number of carbonyl (C=O) groups excluding carboxylic acids is 1. The average Bonchev–Trinajstić information content (AvgIpc) is 2.30. The summed E-state index contributed by atoms with van der Waals surface area (Å²) in [5.74, 6) is -0.969. The molecule has 0 fully saturated rings. The Morgan fingerprint density at radius 1 is 1.31 bits per heavy atom. The number of benzene rings is 1. The van der Waals surface area contributed by atoms with E-state index in [1.54, 1.807) is 12.1 Å². The van der Waals surface area contributed by atoms with E-state index in [2.05, 4.69) is 15.8 Å². The van der Waals surface area contributed by atoms with Gasteiger partial charge in [0.2, 0.25) is 0 Å². The molecule has 1 aromatic rings. The molecule has 0 aromatic heterocycles. The maximum Gasteiger partial charge on any atom is 0.335 e. The van der Waals surface area contributed by atoms with E-state index >= 15 is 0 Å². The van der Waals surface area contributed by atoms with Crippen molar-refractivity contribution in [1.29, 1.82) is 0 Å². The fourth-order valence-electron chi connectivity index (χ4n) is 1.33. The molecule has 0 spiro atoms. The third-order valence-corrected chi connectivity index (χ3v) is 2.17. The second-order valence-corrected chi connectivity index (χ2v) is 3.24. The van der Waals surface area contributed by atoms with Gasteiger partial charge in [-0.25, -0.2) is 15.0 Å². The highest BCUT2D eigenvalue weighted by molar-refractivity contribution is 6.05. The molecule has 2 rings (SSSR count). The molecule has 3 N–H and O–H groups in total. The molecule has 0 unspecified atom stereocenters. The van der Waals surface area contributed by atoms with Crippen LogP contribution in [0.3, 0.4) is 0 Å². The van der Waals surface area contributed by atoms with Crippen LogP contribution in [-0.2, 0) is 0 Å². The molecule has 0 radical (unpaired) electrons. The molecule has 0 saturated heterocycles. The minimum Gasteiger partial charge on any atom is -0.478 e. The van der Waals surface area contributed by atoms with Gasteiger partial charge in [-0.1, -0.05) is 12.1 Å². The zero-order valence-electron chi connectivity index (χ0n) is 8.23. The van der Waals surface area contributed by atoms with Crippen molar-refractivity contribution in [2.45, 2.75) is 0 Å². The Morgan fingerprint density at radius 3 is 2.50 bits per heavy atom. The van der Waals surface area contributed by atoms with Gasteiger partial charge < -0.3 is 10.4 Å². The molecule has 6 heteroatoms. The Hall–Kier alpha value is -2.37. The molecule has 1 aliphatic heterocycles. The summed E-state index contributed by atoms with van der Waals surface area (Å²) in [5.41, 5.74) is 3.95. The second kappa shape index (κ2) is 4.01. The smallest absolute Gasteiger partial charge is 0.335 e. The lowest BCUT2D eigenvalue weighted by Gasteiger charge is -2.13. The third-order valence-electron chi connectivity index (χ3n) is 2.17. The van der Waals surface area contributed by atoms with Gasteiger partial charge in [-0.3, -0.25) is 0 Å². The zero-order chi connectivity index (χ0) is 11.5. The maximum atomic E-state index is 10.8. The molecule has 0 atom stereocenters. The van der Waals surface area contributed by atoms with E-state index in [4.69, 9.17) is 5.11 Å². The van der Waals surface area contributed by atoms with Crippen molar-refractivity contribution in [1.82, 2.24) is 10.7 Å². The minimum atomic E-state index is -0.969. The number of nitrogens with one attached hydrogen (secondary N) is 2. The van der Waals surface area contributed by atoms with Crippen LogP contribution in [0.2, 0.25) is 0 Å². The highest BCUT2D eigenvalue weighted by Crippen LogP contribution is 2.06. The standard InChI is InChI=1S/C10H9N3O3/c14-9(15)7-3-1-6(2-4-7)8-5-11-10(16)13-12-8/h1-4H,5H2,(H,14,15)(H2,11,13,16). The highest BCUT2D eigenvalue weighted by Gasteiger charge is 2.12. The number of nitrogens with zero attached hydrogens (tertiary/aromatic N) is 1. The van der Waals surface area contributed by atoms with Gasteiger partial charge in [0, 0.05) is 0 Å². The molecule has 82 valence electrons. The van der Waals surface area contributed by atoms with Crippen molar-refractivity contribution in [2.75, 3.05) is 6.54 Å². The normalized spacial score (nSPS) is 14.8. The fourth-order valence-corrected chi connectivity index (χ4v) is 1.33. The van der Waals surface area contributed by atoms with Crippen LogP contribution in [0.1, 0.15) is 15.9 Å². The Kier molecular flexibility index (Phi) is 2.55. The quantitative estimate of drug-likeness (QED) is 0.672. The molecule has 16 heavy (non-hydrogen) atoms. The molecule has 0 saturated carbocycles. The Labute approximate surface area is 91.0 Å². The Morgan fingerprint density at radius 2 is 2.00 bits per heavy atom. The number of carbonyl (C=O) groups is 2. The van der Waals surface area contributed by atoms with Crippen LogP contribution in [0.15, 0.2) is 29.4 Å². The third kappa shape index (κ3) is 2.00. The predicted molar refractivity (Wildman–Crippen MR) is 56.5 cm³/mol. The van der Waals surface area contributed by atoms with Gasteiger partial charge in [0.1, 0.15) is 0 Å². The summed E-state index contributed by atoms with van der Waals surface area (Å²) < 4.78 is 0. The van der Waals surface area contributed by atoms with Gasteiger partial charge >= 0.3 is 12.0 Å². The van der Waals surface area contributed by atoms with E-state index in [0.717, 1.165) is 5.56 Å². The first-order chi connectivity index (χ1) is 7.66. The lowest BCUT2D eigenvalue weighted by molar-refractivity contribution is 0.0697. The molecule has 2 amide bonds. The highest BCUT2D eigenvalue weighted by atomic mass is 16.4. The average molecular weight is 219 g/mol. The SMILES string of the molecule is O=C1NCC(c2ccc(C(=O)O)cc2)=NN1. The van der Waals surface area contributed by atoms with E-state index in [-0.39, 0.29) is 11.6 Å². The number of urea groups is 1. The van der Waals surface area contributed by atoms with Crippen LogP contribution < -0.4 is 10.7 Å². The monoisotopic (exact) mass is 219 g/mol. The van der Waals surface area contributed by atoms with Gasteiger partial charge in [0.15, 0.2) is 0 Å². The van der Waals surface area contributed by atoms with Crippen LogP contribution in [0.25, 0.3) is 0 Å². The van der Waals surface area contributed by atoms with Crippen molar-refractivity contribution in [2.24, 2.45) is 5.10 Å². The summed E-state index contributed by atoms with van der Waals surface area (Å²) in [4.78, 5) is 21.4. The first kappa shape index (κ1) is 10.2. The summed E-state index contributed by atoms with van der Waals surface area (Å²) in [6.45, 7) is 0.332. The topological polar surface area (TPSA) is 90.8 Å². The number of hydrogen-bond donors (Lipinski definition) is 3. The lowest BCUT2D eigenvalue weighted by atomic mass is 10.1. The summed E-state index contributed by atoms with van der Waals surface area (Å²) in [5, 5.41) is 15.2. The van der Waals surface area contributed by atoms with Crippen molar-refractivity contribution in [3.8, 4) is 0 Å². The molecular weight excluding hydrogens is 210 g/mol. The molecule has 6 nitrogen and oxygen atoms in total. The van der Waals surface area contributed by atoms with E-state index in [1.807, 2.05) is 0 Å². The van der Waals surface area contributed by atoms with Crippen molar-refractivity contribution >= 4 is 17.7 Å². The Balaban J connectivity index is 2.22. The molecular formula is C10H9N3O3. The summed E-state index contributed by atoms with van der Waals surface area (Å²) in [6.07, 6.45) is 0. The van der Waals surface area contributed by atoms with Crippen molar-refractivity contribution in [3.05, 3.63) is 35.4 Å². The van der Waals surface area contributed by atoms with Crippen LogP contribution in [-0.4, -0.2) is 29.4 Å². The number of amides is 2. The molecule has 1 heterocycles. The van der Waals surface area contributed by atoms with Crippen LogP contribution >= 0.6 is 0 Å². The van der Waals surface area contributed by atoms with Crippen LogP contribution in [0.4, 0.5) is 4.79 Å². The van der Waals surface area contributed by atoms with E-state index in [0.29, 0.717) is 12.3 Å². The maximum absolute atomic E-state index is 10.8. The van der Waals surface area contributed by atoms with Gasteiger partial charge in [-0.15, -0.1) is 0 Å². The number of carboxylic acids is 1. The second-order valence-electron chi connectivity index (χ2n) is 3.24. The van der Waals surface area contributed by atoms with E-state index in [9.17, 15) is 9.59 Å². The summed E-state index contributed by atoms with van der Waals surface area (Å²) >= 11 is 0.